The standard InChI is InChI=1S/C22H38BrNO8/c23-5-6-25-7-8-26-9-10-27-11-12-28-13-14-29-15-16-30-17-18-31-19-20-32-22-3-1-21(24)2-4-22/h1-4H,5-20,24H2. The van der Waals surface area contributed by atoms with Crippen molar-refractivity contribution < 1.29 is 37.9 Å². The third-order valence-corrected chi connectivity index (χ3v) is 4.15. The zero-order valence-corrected chi connectivity index (χ0v) is 20.4. The number of nitrogen functional groups attached to an aromatic ring is 1. The van der Waals surface area contributed by atoms with Gasteiger partial charge >= 0.3 is 0 Å². The van der Waals surface area contributed by atoms with Gasteiger partial charge in [-0.05, 0) is 24.3 Å². The number of anilines is 1. The van der Waals surface area contributed by atoms with Crippen LogP contribution >= 0.6 is 15.9 Å². The Hall–Kier alpha value is -0.980. The number of ether oxygens (including phenoxy) is 8. The second-order valence-electron chi connectivity index (χ2n) is 6.39. The molecule has 1 aromatic carbocycles. The molecule has 0 unspecified atom stereocenters. The molecular formula is C22H38BrNO8. The maximum atomic E-state index is 5.62. The second kappa shape index (κ2) is 23.2. The summed E-state index contributed by atoms with van der Waals surface area (Å²) in [5.74, 6) is 0.778. The lowest BCUT2D eigenvalue weighted by Gasteiger charge is -2.09. The molecule has 0 spiro atoms. The summed E-state index contributed by atoms with van der Waals surface area (Å²) in [4.78, 5) is 0. The summed E-state index contributed by atoms with van der Waals surface area (Å²) in [5.41, 5.74) is 6.34. The lowest BCUT2D eigenvalue weighted by atomic mass is 10.3. The van der Waals surface area contributed by atoms with Crippen LogP contribution in [0.5, 0.6) is 5.75 Å². The van der Waals surface area contributed by atoms with Crippen LogP contribution in [0.4, 0.5) is 5.69 Å². The maximum absolute atomic E-state index is 5.62. The zero-order chi connectivity index (χ0) is 23.0. The van der Waals surface area contributed by atoms with E-state index in [2.05, 4.69) is 15.9 Å². The van der Waals surface area contributed by atoms with Gasteiger partial charge in [0.2, 0.25) is 0 Å². The van der Waals surface area contributed by atoms with Crippen molar-refractivity contribution in [1.82, 2.24) is 0 Å². The van der Waals surface area contributed by atoms with Crippen molar-refractivity contribution in [1.29, 1.82) is 0 Å². The SMILES string of the molecule is Nc1ccc(OCCOCCOCCOCCOCCOCCOCCOCCBr)cc1. The first-order valence-electron chi connectivity index (χ1n) is 10.9. The summed E-state index contributed by atoms with van der Waals surface area (Å²) in [6.45, 7) is 8.21. The molecule has 0 heterocycles. The Morgan fingerprint density at radius 1 is 0.469 bits per heavy atom. The molecule has 10 heteroatoms. The minimum Gasteiger partial charge on any atom is -0.491 e. The normalized spacial score (nSPS) is 11.2. The van der Waals surface area contributed by atoms with Gasteiger partial charge in [-0.15, -0.1) is 0 Å². The van der Waals surface area contributed by atoms with Gasteiger partial charge in [0.25, 0.3) is 0 Å². The van der Waals surface area contributed by atoms with E-state index in [9.17, 15) is 0 Å². The molecule has 0 atom stereocenters. The third kappa shape index (κ3) is 19.7. The molecule has 9 nitrogen and oxygen atoms in total. The van der Waals surface area contributed by atoms with Gasteiger partial charge < -0.3 is 43.6 Å². The predicted octanol–water partition coefficient (Wildman–Crippen LogP) is 2.16. The van der Waals surface area contributed by atoms with Crippen LogP contribution in [0.2, 0.25) is 0 Å². The minimum absolute atomic E-state index is 0.485. The summed E-state index contributed by atoms with van der Waals surface area (Å²) in [6, 6.07) is 7.27. The molecule has 0 bridgehead atoms. The second-order valence-corrected chi connectivity index (χ2v) is 7.19. The van der Waals surface area contributed by atoms with E-state index in [1.165, 1.54) is 0 Å². The molecule has 1 rings (SSSR count). The molecular weight excluding hydrogens is 486 g/mol. The van der Waals surface area contributed by atoms with Crippen LogP contribution < -0.4 is 10.5 Å². The third-order valence-electron chi connectivity index (χ3n) is 3.83. The van der Waals surface area contributed by atoms with Gasteiger partial charge in [-0.25, -0.2) is 0 Å². The number of hydrogen-bond donors (Lipinski definition) is 1. The smallest absolute Gasteiger partial charge is 0.119 e. The van der Waals surface area contributed by atoms with Crippen molar-refractivity contribution >= 4 is 21.6 Å². The van der Waals surface area contributed by atoms with E-state index in [0.717, 1.165) is 11.1 Å². The van der Waals surface area contributed by atoms with E-state index >= 15 is 0 Å². The Morgan fingerprint density at radius 3 is 1.12 bits per heavy atom. The lowest BCUT2D eigenvalue weighted by Crippen LogP contribution is -2.15. The molecule has 32 heavy (non-hydrogen) atoms. The summed E-state index contributed by atoms with van der Waals surface area (Å²) in [7, 11) is 0. The van der Waals surface area contributed by atoms with Crippen molar-refractivity contribution in [3.63, 3.8) is 0 Å². The molecule has 186 valence electrons. The first-order valence-corrected chi connectivity index (χ1v) is 12.0. The van der Waals surface area contributed by atoms with Crippen molar-refractivity contribution in [3.8, 4) is 5.75 Å². The van der Waals surface area contributed by atoms with E-state index in [1.807, 2.05) is 12.1 Å². The fourth-order valence-electron chi connectivity index (χ4n) is 2.26. The Kier molecular flexibility index (Phi) is 21.1. The van der Waals surface area contributed by atoms with Gasteiger partial charge in [0.1, 0.15) is 12.4 Å². The molecule has 0 saturated heterocycles. The van der Waals surface area contributed by atoms with E-state index in [-0.39, 0.29) is 0 Å². The van der Waals surface area contributed by atoms with Crippen LogP contribution in [-0.4, -0.2) is 104 Å². The summed E-state index contributed by atoms with van der Waals surface area (Å²) in [5, 5.41) is 0.842. The fourth-order valence-corrected chi connectivity index (χ4v) is 2.49. The number of halogens is 1. The highest BCUT2D eigenvalue weighted by Crippen LogP contribution is 2.12. The van der Waals surface area contributed by atoms with Crippen LogP contribution in [0.3, 0.4) is 0 Å². The molecule has 0 aliphatic carbocycles. The Bertz CT molecular complexity index is 509. The molecule has 0 amide bonds. The Labute approximate surface area is 199 Å². The Morgan fingerprint density at radius 2 is 0.781 bits per heavy atom. The summed E-state index contributed by atoms with van der Waals surface area (Å²) in [6.07, 6.45) is 0. The number of nitrogens with two attached hydrogens (primary N) is 1. The lowest BCUT2D eigenvalue weighted by molar-refractivity contribution is -0.0208. The number of alkyl halides is 1. The van der Waals surface area contributed by atoms with Gasteiger partial charge in [0.05, 0.1) is 92.5 Å². The van der Waals surface area contributed by atoms with Crippen LogP contribution in [-0.2, 0) is 33.2 Å². The quantitative estimate of drug-likeness (QED) is 0.124. The van der Waals surface area contributed by atoms with Crippen LogP contribution in [0, 0.1) is 0 Å². The van der Waals surface area contributed by atoms with E-state index in [0.29, 0.717) is 105 Å². The minimum atomic E-state index is 0.485. The number of hydrogen-bond acceptors (Lipinski definition) is 9. The van der Waals surface area contributed by atoms with Gasteiger partial charge in [-0.1, -0.05) is 15.9 Å². The van der Waals surface area contributed by atoms with Crippen LogP contribution in [0.25, 0.3) is 0 Å². The summed E-state index contributed by atoms with van der Waals surface area (Å²) < 4.78 is 43.4. The van der Waals surface area contributed by atoms with Crippen molar-refractivity contribution in [2.24, 2.45) is 0 Å². The topological polar surface area (TPSA) is 99.9 Å². The maximum Gasteiger partial charge on any atom is 0.119 e. The van der Waals surface area contributed by atoms with Gasteiger partial charge in [0.15, 0.2) is 0 Å². The van der Waals surface area contributed by atoms with Crippen molar-refractivity contribution in [3.05, 3.63) is 24.3 Å². The number of benzene rings is 1. The zero-order valence-electron chi connectivity index (χ0n) is 18.8. The fraction of sp³-hybridized carbons (Fsp3) is 0.727. The van der Waals surface area contributed by atoms with Crippen molar-refractivity contribution in [2.45, 2.75) is 0 Å². The first kappa shape index (κ1) is 29.1. The average molecular weight is 524 g/mol. The monoisotopic (exact) mass is 523 g/mol. The molecule has 1 aromatic rings. The molecule has 0 saturated carbocycles. The van der Waals surface area contributed by atoms with Crippen LogP contribution in [0.1, 0.15) is 0 Å². The highest BCUT2D eigenvalue weighted by Gasteiger charge is 1.96. The summed E-state index contributed by atoms with van der Waals surface area (Å²) >= 11 is 3.29. The molecule has 0 aromatic heterocycles. The van der Waals surface area contributed by atoms with Gasteiger partial charge in [-0.2, -0.15) is 0 Å². The van der Waals surface area contributed by atoms with Gasteiger partial charge in [-0.3, -0.25) is 0 Å². The molecule has 0 radical (unpaired) electrons. The first-order chi connectivity index (χ1) is 15.8. The largest absolute Gasteiger partial charge is 0.491 e. The van der Waals surface area contributed by atoms with Crippen molar-refractivity contribution in [2.75, 3.05) is 110 Å². The molecule has 2 N–H and O–H groups in total. The average Bonchev–Trinajstić information content (AvgIpc) is 2.81. The predicted molar refractivity (Wildman–Crippen MR) is 126 cm³/mol. The number of rotatable bonds is 24. The molecule has 0 fully saturated rings. The van der Waals surface area contributed by atoms with Gasteiger partial charge in [0, 0.05) is 11.0 Å². The highest BCUT2D eigenvalue weighted by atomic mass is 79.9. The van der Waals surface area contributed by atoms with E-state index in [4.69, 9.17) is 43.6 Å². The van der Waals surface area contributed by atoms with E-state index < -0.39 is 0 Å². The van der Waals surface area contributed by atoms with E-state index in [1.54, 1.807) is 12.1 Å². The Balaban J connectivity index is 1.67. The molecule has 0 aliphatic rings. The highest BCUT2D eigenvalue weighted by molar-refractivity contribution is 9.09. The molecule has 0 aliphatic heterocycles. The van der Waals surface area contributed by atoms with Crippen LogP contribution in [0.15, 0.2) is 24.3 Å².